The lowest BCUT2D eigenvalue weighted by molar-refractivity contribution is 0.268. The van der Waals surface area contributed by atoms with Gasteiger partial charge in [0.2, 0.25) is 0 Å². The molecule has 4 rings (SSSR count). The summed E-state index contributed by atoms with van der Waals surface area (Å²) < 4.78 is 0. The molecule has 1 fully saturated rings. The lowest BCUT2D eigenvalue weighted by Gasteiger charge is -2.30. The van der Waals surface area contributed by atoms with Gasteiger partial charge in [0.1, 0.15) is 17.5 Å². The topological polar surface area (TPSA) is 78.5 Å². The van der Waals surface area contributed by atoms with Gasteiger partial charge in [0.05, 0.1) is 5.69 Å². The van der Waals surface area contributed by atoms with Crippen molar-refractivity contribution in [2.75, 3.05) is 18.0 Å². The summed E-state index contributed by atoms with van der Waals surface area (Å²) >= 11 is 1.56. The molecular weight excluding hydrogens is 332 g/mol. The number of nitriles is 1. The largest absolute Gasteiger partial charge is 0.356 e. The van der Waals surface area contributed by atoms with Crippen molar-refractivity contribution < 1.29 is 0 Å². The van der Waals surface area contributed by atoms with Crippen molar-refractivity contribution in [1.29, 1.82) is 10.7 Å². The fourth-order valence-corrected chi connectivity index (χ4v) is 4.65. The molecule has 3 aliphatic rings. The number of nitrogens with zero attached hydrogens (tertiary/aromatic N) is 4. The fourth-order valence-electron chi connectivity index (χ4n) is 3.52. The van der Waals surface area contributed by atoms with Crippen LogP contribution in [-0.4, -0.2) is 29.0 Å². The molecule has 0 aromatic heterocycles. The molecular formula is C18H20N6S. The van der Waals surface area contributed by atoms with E-state index in [1.165, 1.54) is 6.42 Å². The summed E-state index contributed by atoms with van der Waals surface area (Å²) in [7, 11) is 0. The molecule has 0 amide bonds. The number of amidine groups is 2. The van der Waals surface area contributed by atoms with Gasteiger partial charge in [-0.1, -0.05) is 12.1 Å². The van der Waals surface area contributed by atoms with E-state index in [0.717, 1.165) is 47.6 Å². The maximum atomic E-state index is 9.78. The van der Waals surface area contributed by atoms with Gasteiger partial charge in [-0.15, -0.1) is 5.10 Å². The molecule has 1 saturated heterocycles. The van der Waals surface area contributed by atoms with Crippen LogP contribution >= 0.6 is 11.8 Å². The summed E-state index contributed by atoms with van der Waals surface area (Å²) in [6.45, 7) is 5.89. The van der Waals surface area contributed by atoms with Crippen molar-refractivity contribution in [3.05, 3.63) is 34.7 Å². The molecule has 0 radical (unpaired) electrons. The van der Waals surface area contributed by atoms with Crippen LogP contribution < -0.4 is 10.3 Å². The van der Waals surface area contributed by atoms with E-state index in [1.54, 1.807) is 11.8 Å². The average molecular weight is 352 g/mol. The third kappa shape index (κ3) is 2.48. The molecule has 3 heterocycles. The number of nitrogens with one attached hydrogen (secondary N) is 2. The van der Waals surface area contributed by atoms with Crippen molar-refractivity contribution in [2.45, 2.75) is 38.0 Å². The molecule has 0 bridgehead atoms. The number of anilines is 1. The molecule has 3 aliphatic heterocycles. The van der Waals surface area contributed by atoms with Crippen LogP contribution in [0, 0.1) is 30.6 Å². The Morgan fingerprint density at radius 3 is 2.64 bits per heavy atom. The van der Waals surface area contributed by atoms with Gasteiger partial charge in [0, 0.05) is 18.0 Å². The summed E-state index contributed by atoms with van der Waals surface area (Å²) in [5.74, 6) is 0.869. The molecule has 0 atom stereocenters. The number of likely N-dealkylation sites (tertiary alicyclic amines) is 1. The van der Waals surface area contributed by atoms with E-state index in [1.807, 2.05) is 11.8 Å². The second-order valence-electron chi connectivity index (χ2n) is 6.55. The molecule has 1 aromatic carbocycles. The first-order chi connectivity index (χ1) is 12.1. The second kappa shape index (κ2) is 6.12. The maximum absolute atomic E-state index is 9.78. The van der Waals surface area contributed by atoms with Gasteiger partial charge in [-0.05, 0) is 56.0 Å². The third-order valence-corrected chi connectivity index (χ3v) is 6.05. The number of thioether (sulfide) groups is 1. The number of piperidine rings is 1. The molecule has 0 spiro atoms. The van der Waals surface area contributed by atoms with Gasteiger partial charge in [-0.25, -0.2) is 0 Å². The summed E-state index contributed by atoms with van der Waals surface area (Å²) in [5.41, 5.74) is 6.67. The SMILES string of the molecule is Cc1ccc(C)c2c1SC1=NNC(N3CCCCC3)=C(C#N)C(=N)N12. The van der Waals surface area contributed by atoms with Gasteiger partial charge >= 0.3 is 0 Å². The standard InChI is InChI=1S/C18H20N6S/c1-11-6-7-12(2)15-14(11)24-16(20)13(10-19)17(21-22-18(24)25-15)23-8-4-3-5-9-23/h6-7,20-21H,3-5,8-9H2,1-2H3. The number of fused-ring (bicyclic) bond motifs is 3. The van der Waals surface area contributed by atoms with Gasteiger partial charge in [-0.3, -0.25) is 15.7 Å². The van der Waals surface area contributed by atoms with Crippen molar-refractivity contribution in [3.63, 3.8) is 0 Å². The summed E-state index contributed by atoms with van der Waals surface area (Å²) in [4.78, 5) is 5.08. The lowest BCUT2D eigenvalue weighted by atomic mass is 10.1. The first kappa shape index (κ1) is 16.0. The van der Waals surface area contributed by atoms with E-state index >= 15 is 0 Å². The zero-order valence-electron chi connectivity index (χ0n) is 14.4. The number of rotatable bonds is 1. The van der Waals surface area contributed by atoms with E-state index in [-0.39, 0.29) is 5.84 Å². The highest BCUT2D eigenvalue weighted by Crippen LogP contribution is 2.45. The van der Waals surface area contributed by atoms with Gasteiger partial charge in [0.25, 0.3) is 0 Å². The van der Waals surface area contributed by atoms with Crippen LogP contribution in [-0.2, 0) is 0 Å². The Balaban J connectivity index is 1.82. The molecule has 7 heteroatoms. The normalized spacial score (nSPS) is 19.7. The number of aryl methyl sites for hydroxylation is 2. The molecule has 0 aliphatic carbocycles. The van der Waals surface area contributed by atoms with E-state index < -0.39 is 0 Å². The Labute approximate surface area is 151 Å². The van der Waals surface area contributed by atoms with Crippen LogP contribution in [0.3, 0.4) is 0 Å². The monoisotopic (exact) mass is 352 g/mol. The quantitative estimate of drug-likeness (QED) is 0.811. The summed E-state index contributed by atoms with van der Waals surface area (Å²) in [6.07, 6.45) is 3.42. The van der Waals surface area contributed by atoms with E-state index in [9.17, 15) is 5.26 Å². The van der Waals surface area contributed by atoms with Crippen LogP contribution in [0.5, 0.6) is 0 Å². The zero-order valence-corrected chi connectivity index (χ0v) is 15.2. The first-order valence-electron chi connectivity index (χ1n) is 8.52. The lowest BCUT2D eigenvalue weighted by Crippen LogP contribution is -2.36. The number of benzene rings is 1. The Hall–Kier alpha value is -2.46. The molecule has 6 nitrogen and oxygen atoms in total. The molecule has 2 N–H and O–H groups in total. The highest BCUT2D eigenvalue weighted by molar-refractivity contribution is 8.15. The van der Waals surface area contributed by atoms with Crippen LogP contribution in [0.15, 0.2) is 33.5 Å². The molecule has 128 valence electrons. The zero-order chi connectivity index (χ0) is 17.6. The van der Waals surface area contributed by atoms with Crippen molar-refractivity contribution in [3.8, 4) is 6.07 Å². The Morgan fingerprint density at radius 1 is 1.20 bits per heavy atom. The van der Waals surface area contributed by atoms with Crippen LogP contribution in [0.1, 0.15) is 30.4 Å². The minimum absolute atomic E-state index is 0.201. The van der Waals surface area contributed by atoms with Crippen LogP contribution in [0.4, 0.5) is 5.69 Å². The molecule has 1 aromatic rings. The summed E-state index contributed by atoms with van der Waals surface area (Å²) in [6, 6.07) is 6.39. The number of hydrogen-bond donors (Lipinski definition) is 2. The Bertz CT molecular complexity index is 857. The Morgan fingerprint density at radius 2 is 1.92 bits per heavy atom. The second-order valence-corrected chi connectivity index (χ2v) is 7.53. The van der Waals surface area contributed by atoms with E-state index in [0.29, 0.717) is 16.6 Å². The van der Waals surface area contributed by atoms with Crippen molar-refractivity contribution >= 4 is 28.5 Å². The number of hydrogen-bond acceptors (Lipinski definition) is 6. The van der Waals surface area contributed by atoms with Gasteiger partial charge in [-0.2, -0.15) is 5.26 Å². The highest BCUT2D eigenvalue weighted by Gasteiger charge is 2.37. The van der Waals surface area contributed by atoms with Crippen molar-refractivity contribution in [2.24, 2.45) is 5.10 Å². The minimum atomic E-state index is 0.201. The van der Waals surface area contributed by atoms with E-state index in [2.05, 4.69) is 40.6 Å². The predicted molar refractivity (Wildman–Crippen MR) is 101 cm³/mol. The number of hydrazone groups is 1. The highest BCUT2D eigenvalue weighted by atomic mass is 32.2. The molecule has 25 heavy (non-hydrogen) atoms. The smallest absolute Gasteiger partial charge is 0.198 e. The fraction of sp³-hybridized carbons (Fsp3) is 0.389. The van der Waals surface area contributed by atoms with Gasteiger partial charge < -0.3 is 4.90 Å². The van der Waals surface area contributed by atoms with E-state index in [4.69, 9.17) is 5.41 Å². The molecule has 0 saturated carbocycles. The Kier molecular flexibility index (Phi) is 3.92. The maximum Gasteiger partial charge on any atom is 0.198 e. The first-order valence-corrected chi connectivity index (χ1v) is 9.33. The van der Waals surface area contributed by atoms with Crippen LogP contribution in [0.25, 0.3) is 0 Å². The minimum Gasteiger partial charge on any atom is -0.356 e. The molecule has 0 unspecified atom stereocenters. The van der Waals surface area contributed by atoms with Crippen LogP contribution in [0.2, 0.25) is 0 Å². The van der Waals surface area contributed by atoms with Gasteiger partial charge in [0.15, 0.2) is 11.0 Å². The average Bonchev–Trinajstić information content (AvgIpc) is 2.96. The van der Waals surface area contributed by atoms with Crippen molar-refractivity contribution in [1.82, 2.24) is 10.3 Å². The summed E-state index contributed by atoms with van der Waals surface area (Å²) in [5, 5.41) is 23.8. The third-order valence-electron chi connectivity index (χ3n) is 4.88. The predicted octanol–water partition coefficient (Wildman–Crippen LogP) is 3.29.